The van der Waals surface area contributed by atoms with Crippen molar-refractivity contribution in [3.8, 4) is 11.8 Å². The molecule has 7 nitrogen and oxygen atoms in total. The van der Waals surface area contributed by atoms with Gasteiger partial charge in [0.15, 0.2) is 6.61 Å². The highest BCUT2D eigenvalue weighted by atomic mass is 35.5. The molecule has 0 aliphatic carbocycles. The van der Waals surface area contributed by atoms with Crippen LogP contribution in [0.15, 0.2) is 53.6 Å². The summed E-state index contributed by atoms with van der Waals surface area (Å²) in [4.78, 5) is 12.0. The minimum absolute atomic E-state index is 0.279. The van der Waals surface area contributed by atoms with Crippen LogP contribution in [0.2, 0.25) is 10.2 Å². The summed E-state index contributed by atoms with van der Waals surface area (Å²) in [7, 11) is 0. The summed E-state index contributed by atoms with van der Waals surface area (Å²) in [5.41, 5.74) is 4.99. The number of nitrogens with zero attached hydrogens (tertiary/aromatic N) is 4. The molecular formula is C21H17Cl2N5O2. The molecule has 2 aromatic carbocycles. The first kappa shape index (κ1) is 21.4. The zero-order valence-electron chi connectivity index (χ0n) is 16.0. The molecule has 0 saturated heterocycles. The number of amides is 1. The second-order valence-electron chi connectivity index (χ2n) is 6.26. The fraction of sp³-hybridized carbons (Fsp3) is 0.143. The molecule has 0 saturated carbocycles. The number of aromatic nitrogens is 2. The molecule has 0 aliphatic rings. The van der Waals surface area contributed by atoms with Crippen molar-refractivity contribution in [2.24, 2.45) is 5.10 Å². The van der Waals surface area contributed by atoms with Crippen molar-refractivity contribution >= 4 is 35.3 Å². The van der Waals surface area contributed by atoms with Crippen molar-refractivity contribution in [1.82, 2.24) is 15.2 Å². The van der Waals surface area contributed by atoms with E-state index in [1.807, 2.05) is 18.2 Å². The van der Waals surface area contributed by atoms with E-state index in [4.69, 9.17) is 33.2 Å². The maximum Gasteiger partial charge on any atom is 0.277 e. The summed E-state index contributed by atoms with van der Waals surface area (Å²) in [6.07, 6.45) is 1.43. The number of ether oxygens (including phenoxy) is 1. The van der Waals surface area contributed by atoms with E-state index in [1.165, 1.54) is 6.21 Å². The van der Waals surface area contributed by atoms with Gasteiger partial charge in [-0.2, -0.15) is 15.5 Å². The van der Waals surface area contributed by atoms with E-state index in [9.17, 15) is 4.79 Å². The summed E-state index contributed by atoms with van der Waals surface area (Å²) < 4.78 is 7.00. The number of carbonyl (C=O) groups excluding carboxylic acids is 1. The number of para-hydroxylation sites is 1. The van der Waals surface area contributed by atoms with Gasteiger partial charge in [0, 0.05) is 5.02 Å². The van der Waals surface area contributed by atoms with Crippen molar-refractivity contribution in [3.63, 3.8) is 0 Å². The van der Waals surface area contributed by atoms with Gasteiger partial charge in [-0.05, 0) is 36.8 Å². The molecule has 1 heterocycles. The smallest absolute Gasteiger partial charge is 0.277 e. The van der Waals surface area contributed by atoms with Crippen LogP contribution in [0.4, 0.5) is 0 Å². The van der Waals surface area contributed by atoms with Crippen molar-refractivity contribution < 1.29 is 9.53 Å². The molecule has 0 unspecified atom stereocenters. The highest BCUT2D eigenvalue weighted by Crippen LogP contribution is 2.20. The van der Waals surface area contributed by atoms with Gasteiger partial charge < -0.3 is 4.74 Å². The van der Waals surface area contributed by atoms with Crippen molar-refractivity contribution in [3.05, 3.63) is 81.1 Å². The third-order valence-electron chi connectivity index (χ3n) is 4.10. The van der Waals surface area contributed by atoms with Gasteiger partial charge in [0.2, 0.25) is 0 Å². The third-order valence-corrected chi connectivity index (χ3v) is 4.75. The van der Waals surface area contributed by atoms with E-state index < -0.39 is 5.91 Å². The molecular weight excluding hydrogens is 425 g/mol. The number of aryl methyl sites for hydroxylation is 1. The molecule has 0 aliphatic heterocycles. The van der Waals surface area contributed by atoms with Crippen LogP contribution in [0.5, 0.6) is 5.75 Å². The number of halogens is 2. The number of hydrogen-bond acceptors (Lipinski definition) is 5. The van der Waals surface area contributed by atoms with Gasteiger partial charge in [-0.25, -0.2) is 10.1 Å². The Labute approximate surface area is 183 Å². The SMILES string of the molecule is Cc1nn(Cc2ccc(Cl)cc2)c(Cl)c1/C=N/NC(=O)COc1ccccc1C#N. The van der Waals surface area contributed by atoms with E-state index in [0.29, 0.717) is 39.3 Å². The second-order valence-corrected chi connectivity index (χ2v) is 7.06. The second kappa shape index (κ2) is 9.92. The Morgan fingerprint density at radius 3 is 2.73 bits per heavy atom. The topological polar surface area (TPSA) is 92.3 Å². The molecule has 1 aromatic heterocycles. The molecule has 0 radical (unpaired) electrons. The molecule has 0 spiro atoms. The number of nitriles is 1. The van der Waals surface area contributed by atoms with Gasteiger partial charge in [0.25, 0.3) is 5.91 Å². The van der Waals surface area contributed by atoms with E-state index in [-0.39, 0.29) is 6.61 Å². The van der Waals surface area contributed by atoms with Gasteiger partial charge in [-0.15, -0.1) is 0 Å². The van der Waals surface area contributed by atoms with Crippen molar-refractivity contribution in [1.29, 1.82) is 5.26 Å². The lowest BCUT2D eigenvalue weighted by Crippen LogP contribution is -2.24. The molecule has 30 heavy (non-hydrogen) atoms. The maximum atomic E-state index is 12.0. The van der Waals surface area contributed by atoms with Crippen LogP contribution in [-0.4, -0.2) is 28.5 Å². The van der Waals surface area contributed by atoms with Gasteiger partial charge in [0.1, 0.15) is 17.0 Å². The summed E-state index contributed by atoms with van der Waals surface area (Å²) >= 11 is 12.3. The fourth-order valence-electron chi connectivity index (χ4n) is 2.61. The summed E-state index contributed by atoms with van der Waals surface area (Å²) in [6.45, 7) is 2.00. The number of carbonyl (C=O) groups is 1. The van der Waals surface area contributed by atoms with Gasteiger partial charge >= 0.3 is 0 Å². The zero-order chi connectivity index (χ0) is 21.5. The number of hydrogen-bond donors (Lipinski definition) is 1. The molecule has 0 fully saturated rings. The predicted molar refractivity (Wildman–Crippen MR) is 115 cm³/mol. The minimum atomic E-state index is -0.471. The molecule has 152 valence electrons. The quantitative estimate of drug-likeness (QED) is 0.443. The van der Waals surface area contributed by atoms with Crippen molar-refractivity contribution in [2.45, 2.75) is 13.5 Å². The van der Waals surface area contributed by atoms with E-state index in [1.54, 1.807) is 48.0 Å². The lowest BCUT2D eigenvalue weighted by molar-refractivity contribution is -0.123. The Bertz CT molecular complexity index is 1120. The van der Waals surface area contributed by atoms with Gasteiger partial charge in [-0.1, -0.05) is 47.5 Å². The monoisotopic (exact) mass is 441 g/mol. The normalized spacial score (nSPS) is 10.7. The van der Waals surface area contributed by atoms with Gasteiger partial charge in [-0.3, -0.25) is 4.79 Å². The molecule has 0 bridgehead atoms. The van der Waals surface area contributed by atoms with Crippen LogP contribution in [0.25, 0.3) is 0 Å². The number of rotatable bonds is 7. The molecule has 1 amide bonds. The standard InChI is InChI=1S/C21H17Cl2N5O2/c1-14-18(21(23)28(27-14)12-15-6-8-17(22)9-7-15)11-25-26-20(29)13-30-19-5-3-2-4-16(19)10-24/h2-9,11H,12-13H2,1H3,(H,26,29)/b25-11+. The van der Waals surface area contributed by atoms with Crippen LogP contribution >= 0.6 is 23.2 Å². The Kier molecular flexibility index (Phi) is 7.07. The number of nitrogens with one attached hydrogen (secondary N) is 1. The maximum absolute atomic E-state index is 12.0. The highest BCUT2D eigenvalue weighted by Gasteiger charge is 2.12. The average Bonchev–Trinajstić information content (AvgIpc) is 3.01. The van der Waals surface area contributed by atoms with Gasteiger partial charge in [0.05, 0.1) is 29.6 Å². The zero-order valence-corrected chi connectivity index (χ0v) is 17.5. The lowest BCUT2D eigenvalue weighted by Gasteiger charge is -2.06. The van der Waals surface area contributed by atoms with E-state index in [0.717, 1.165) is 5.56 Å². The fourth-order valence-corrected chi connectivity index (χ4v) is 3.02. The van der Waals surface area contributed by atoms with Crippen LogP contribution in [0, 0.1) is 18.3 Å². The van der Waals surface area contributed by atoms with Crippen LogP contribution in [0.1, 0.15) is 22.4 Å². The van der Waals surface area contributed by atoms with Crippen LogP contribution in [0.3, 0.4) is 0 Å². The third kappa shape index (κ3) is 5.38. The first-order valence-electron chi connectivity index (χ1n) is 8.89. The first-order valence-corrected chi connectivity index (χ1v) is 9.64. The summed E-state index contributed by atoms with van der Waals surface area (Å²) in [5, 5.41) is 18.4. The Morgan fingerprint density at radius 2 is 2.00 bits per heavy atom. The average molecular weight is 442 g/mol. The molecule has 1 N–H and O–H groups in total. The lowest BCUT2D eigenvalue weighted by atomic mass is 10.2. The minimum Gasteiger partial charge on any atom is -0.482 e. The van der Waals surface area contributed by atoms with Crippen LogP contribution in [-0.2, 0) is 11.3 Å². The Morgan fingerprint density at radius 1 is 1.27 bits per heavy atom. The molecule has 0 atom stereocenters. The molecule has 3 rings (SSSR count). The highest BCUT2D eigenvalue weighted by molar-refractivity contribution is 6.32. The summed E-state index contributed by atoms with van der Waals surface area (Å²) in [6, 6.07) is 16.1. The summed E-state index contributed by atoms with van der Waals surface area (Å²) in [5.74, 6) is -0.136. The number of hydrazone groups is 1. The Hall–Kier alpha value is -3.34. The predicted octanol–water partition coefficient (Wildman–Crippen LogP) is 3.95. The first-order chi connectivity index (χ1) is 14.5. The Balaban J connectivity index is 1.59. The van der Waals surface area contributed by atoms with E-state index in [2.05, 4.69) is 15.6 Å². The number of benzene rings is 2. The van der Waals surface area contributed by atoms with E-state index >= 15 is 0 Å². The molecule has 3 aromatic rings. The largest absolute Gasteiger partial charge is 0.482 e. The van der Waals surface area contributed by atoms with Crippen molar-refractivity contribution in [2.75, 3.05) is 6.61 Å². The molecule has 9 heteroatoms. The van der Waals surface area contributed by atoms with Crippen LogP contribution < -0.4 is 10.2 Å².